The van der Waals surface area contributed by atoms with Gasteiger partial charge in [0.15, 0.2) is 11.5 Å². The zero-order valence-electron chi connectivity index (χ0n) is 17.9. The molecule has 2 heterocycles. The van der Waals surface area contributed by atoms with Crippen molar-refractivity contribution in [1.29, 1.82) is 0 Å². The number of aromatic nitrogens is 4. The SMILES string of the molecule is COc1ccc(-c2nn(-c3ccccc3)cc2/C=N/Nc2nc(C)cc(=O)[nH]2)cc1OC. The Morgan fingerprint density at radius 3 is 2.56 bits per heavy atom. The van der Waals surface area contributed by atoms with E-state index in [4.69, 9.17) is 14.6 Å². The van der Waals surface area contributed by atoms with Gasteiger partial charge in [0.05, 0.1) is 26.1 Å². The standard InChI is InChI=1S/C23H22N6O3/c1-15-11-21(30)26-23(25-15)27-24-13-17-14-29(18-7-5-4-6-8-18)28-22(17)16-9-10-19(31-2)20(12-16)32-3/h4-14H,1-3H3,(H2,25,26,27,30)/b24-13+. The molecule has 2 aromatic heterocycles. The number of hydrogen-bond donors (Lipinski definition) is 2. The van der Waals surface area contributed by atoms with E-state index in [1.807, 2.05) is 54.7 Å². The van der Waals surface area contributed by atoms with Crippen LogP contribution in [-0.2, 0) is 0 Å². The van der Waals surface area contributed by atoms with Crippen molar-refractivity contribution in [3.05, 3.63) is 82.4 Å². The summed E-state index contributed by atoms with van der Waals surface area (Å²) in [6.07, 6.45) is 3.50. The van der Waals surface area contributed by atoms with Crippen molar-refractivity contribution in [3.63, 3.8) is 0 Å². The first-order valence-electron chi connectivity index (χ1n) is 9.82. The minimum atomic E-state index is -0.252. The fourth-order valence-corrected chi connectivity index (χ4v) is 3.20. The van der Waals surface area contributed by atoms with Crippen molar-refractivity contribution in [1.82, 2.24) is 19.7 Å². The molecule has 4 aromatic rings. The lowest BCUT2D eigenvalue weighted by Gasteiger charge is -2.09. The van der Waals surface area contributed by atoms with Gasteiger partial charge in [-0.05, 0) is 37.3 Å². The van der Waals surface area contributed by atoms with Gasteiger partial charge in [-0.1, -0.05) is 18.2 Å². The summed E-state index contributed by atoms with van der Waals surface area (Å²) in [5.41, 5.74) is 6.30. The predicted octanol–water partition coefficient (Wildman–Crippen LogP) is 3.39. The highest BCUT2D eigenvalue weighted by atomic mass is 16.5. The molecule has 0 aliphatic carbocycles. The lowest BCUT2D eigenvalue weighted by Crippen LogP contribution is -2.10. The summed E-state index contributed by atoms with van der Waals surface area (Å²) in [6.45, 7) is 1.74. The van der Waals surface area contributed by atoms with Gasteiger partial charge in [-0.3, -0.25) is 9.78 Å². The number of nitrogens with one attached hydrogen (secondary N) is 2. The molecule has 162 valence electrons. The number of nitrogens with zero attached hydrogens (tertiary/aromatic N) is 4. The quantitative estimate of drug-likeness (QED) is 0.344. The second-order valence-electron chi connectivity index (χ2n) is 6.89. The summed E-state index contributed by atoms with van der Waals surface area (Å²) in [4.78, 5) is 18.4. The third kappa shape index (κ3) is 4.51. The van der Waals surface area contributed by atoms with Crippen LogP contribution in [0, 0.1) is 6.92 Å². The van der Waals surface area contributed by atoms with Crippen LogP contribution in [0.1, 0.15) is 11.3 Å². The van der Waals surface area contributed by atoms with Crippen molar-refractivity contribution in [2.24, 2.45) is 5.10 Å². The summed E-state index contributed by atoms with van der Waals surface area (Å²) < 4.78 is 12.6. The van der Waals surface area contributed by atoms with E-state index in [9.17, 15) is 4.79 Å². The number of anilines is 1. The highest BCUT2D eigenvalue weighted by Crippen LogP contribution is 2.33. The zero-order valence-corrected chi connectivity index (χ0v) is 17.9. The molecule has 9 heteroatoms. The molecule has 0 spiro atoms. The first-order chi connectivity index (χ1) is 15.6. The first-order valence-corrected chi connectivity index (χ1v) is 9.82. The Labute approximate surface area is 184 Å². The minimum absolute atomic E-state index is 0.252. The maximum absolute atomic E-state index is 11.6. The van der Waals surface area contributed by atoms with Crippen LogP contribution in [0.2, 0.25) is 0 Å². The van der Waals surface area contributed by atoms with E-state index in [1.54, 1.807) is 32.0 Å². The van der Waals surface area contributed by atoms with Crippen LogP contribution in [0.15, 0.2) is 70.7 Å². The summed E-state index contributed by atoms with van der Waals surface area (Å²) in [7, 11) is 3.18. The van der Waals surface area contributed by atoms with Crippen LogP contribution in [0.3, 0.4) is 0 Å². The molecule has 0 fully saturated rings. The minimum Gasteiger partial charge on any atom is -0.493 e. The summed E-state index contributed by atoms with van der Waals surface area (Å²) in [5.74, 6) is 1.49. The molecule has 9 nitrogen and oxygen atoms in total. The average Bonchev–Trinajstić information content (AvgIpc) is 3.22. The molecular weight excluding hydrogens is 408 g/mol. The molecule has 0 unspecified atom stereocenters. The van der Waals surface area contributed by atoms with Crippen molar-refractivity contribution in [2.75, 3.05) is 19.6 Å². The van der Waals surface area contributed by atoms with E-state index in [1.165, 1.54) is 6.07 Å². The van der Waals surface area contributed by atoms with Gasteiger partial charge >= 0.3 is 0 Å². The molecule has 0 saturated heterocycles. The Morgan fingerprint density at radius 2 is 1.84 bits per heavy atom. The van der Waals surface area contributed by atoms with Crippen molar-refractivity contribution in [2.45, 2.75) is 6.92 Å². The summed E-state index contributed by atoms with van der Waals surface area (Å²) in [6, 6.07) is 16.8. The molecule has 0 aliphatic rings. The summed E-state index contributed by atoms with van der Waals surface area (Å²) in [5, 5.41) is 9.01. The number of ether oxygens (including phenoxy) is 2. The van der Waals surface area contributed by atoms with Gasteiger partial charge < -0.3 is 9.47 Å². The average molecular weight is 430 g/mol. The normalized spacial score (nSPS) is 11.0. The number of rotatable bonds is 7. The van der Waals surface area contributed by atoms with E-state index in [-0.39, 0.29) is 11.5 Å². The maximum atomic E-state index is 11.6. The van der Waals surface area contributed by atoms with Crippen LogP contribution in [-0.4, -0.2) is 40.2 Å². The number of para-hydroxylation sites is 1. The molecule has 0 amide bonds. The number of aryl methyl sites for hydroxylation is 1. The van der Waals surface area contributed by atoms with Gasteiger partial charge in [0.2, 0.25) is 5.95 Å². The van der Waals surface area contributed by atoms with Crippen molar-refractivity contribution < 1.29 is 9.47 Å². The van der Waals surface area contributed by atoms with Crippen LogP contribution >= 0.6 is 0 Å². The van der Waals surface area contributed by atoms with E-state index in [2.05, 4.69) is 20.5 Å². The molecule has 4 rings (SSSR count). The second kappa shape index (κ2) is 9.17. The highest BCUT2D eigenvalue weighted by molar-refractivity contribution is 5.89. The van der Waals surface area contributed by atoms with Gasteiger partial charge in [-0.15, -0.1) is 0 Å². The largest absolute Gasteiger partial charge is 0.493 e. The molecule has 0 aliphatic heterocycles. The molecular formula is C23H22N6O3. The smallest absolute Gasteiger partial charge is 0.252 e. The lowest BCUT2D eigenvalue weighted by atomic mass is 10.1. The third-order valence-corrected chi connectivity index (χ3v) is 4.66. The Hall–Kier alpha value is -4.40. The van der Waals surface area contributed by atoms with Crippen molar-refractivity contribution in [3.8, 4) is 28.4 Å². The number of aromatic amines is 1. The number of hydrazone groups is 1. The molecule has 0 radical (unpaired) electrons. The topological polar surface area (TPSA) is 106 Å². The number of benzene rings is 2. The zero-order chi connectivity index (χ0) is 22.5. The fraction of sp³-hybridized carbons (Fsp3) is 0.130. The maximum Gasteiger partial charge on any atom is 0.252 e. The third-order valence-electron chi connectivity index (χ3n) is 4.66. The number of methoxy groups -OCH3 is 2. The molecule has 2 N–H and O–H groups in total. The van der Waals surface area contributed by atoms with Crippen LogP contribution < -0.4 is 20.5 Å². The molecule has 0 atom stereocenters. The fourth-order valence-electron chi connectivity index (χ4n) is 3.20. The van der Waals surface area contributed by atoms with Crippen LogP contribution in [0.25, 0.3) is 16.9 Å². The second-order valence-corrected chi connectivity index (χ2v) is 6.89. The van der Waals surface area contributed by atoms with Gasteiger partial charge in [0.25, 0.3) is 5.56 Å². The van der Waals surface area contributed by atoms with E-state index in [0.717, 1.165) is 16.8 Å². The number of hydrogen-bond acceptors (Lipinski definition) is 7. The Bertz CT molecular complexity index is 1310. The van der Waals surface area contributed by atoms with Gasteiger partial charge in [0, 0.05) is 29.1 Å². The first kappa shape index (κ1) is 20.9. The molecule has 0 saturated carbocycles. The highest BCUT2D eigenvalue weighted by Gasteiger charge is 2.14. The number of H-pyrrole nitrogens is 1. The predicted molar refractivity (Wildman–Crippen MR) is 123 cm³/mol. The van der Waals surface area contributed by atoms with E-state index >= 15 is 0 Å². The van der Waals surface area contributed by atoms with E-state index < -0.39 is 0 Å². The van der Waals surface area contributed by atoms with Gasteiger partial charge in [0.1, 0.15) is 5.69 Å². The van der Waals surface area contributed by atoms with E-state index in [0.29, 0.717) is 22.9 Å². The Kier molecular flexibility index (Phi) is 5.98. The Balaban J connectivity index is 1.73. The molecule has 0 bridgehead atoms. The summed E-state index contributed by atoms with van der Waals surface area (Å²) >= 11 is 0. The van der Waals surface area contributed by atoms with Crippen molar-refractivity contribution >= 4 is 12.2 Å². The van der Waals surface area contributed by atoms with Crippen LogP contribution in [0.4, 0.5) is 5.95 Å². The monoisotopic (exact) mass is 430 g/mol. The van der Waals surface area contributed by atoms with Crippen LogP contribution in [0.5, 0.6) is 11.5 Å². The molecule has 32 heavy (non-hydrogen) atoms. The molecule has 2 aromatic carbocycles. The van der Waals surface area contributed by atoms with Gasteiger partial charge in [-0.2, -0.15) is 10.2 Å². The van der Waals surface area contributed by atoms with Gasteiger partial charge in [-0.25, -0.2) is 15.1 Å². The lowest BCUT2D eigenvalue weighted by molar-refractivity contribution is 0.355. The Morgan fingerprint density at radius 1 is 1.06 bits per heavy atom.